The van der Waals surface area contributed by atoms with Gasteiger partial charge in [0.05, 0.1) is 18.4 Å². The molecule has 0 aliphatic rings. The van der Waals surface area contributed by atoms with Crippen LogP contribution in [0.4, 0.5) is 0 Å². The number of benzene rings is 2. The van der Waals surface area contributed by atoms with E-state index in [4.69, 9.17) is 4.42 Å². The second kappa shape index (κ2) is 8.77. The zero-order valence-corrected chi connectivity index (χ0v) is 16.2. The summed E-state index contributed by atoms with van der Waals surface area (Å²) in [4.78, 5) is 25.0. The van der Waals surface area contributed by atoms with Gasteiger partial charge in [-0.3, -0.25) is 20.4 Å². The molecule has 3 aromatic rings. The first kappa shape index (κ1) is 19.0. The third-order valence-electron chi connectivity index (χ3n) is 4.21. The van der Waals surface area contributed by atoms with Crippen LogP contribution in [0.1, 0.15) is 23.6 Å². The lowest BCUT2D eigenvalue weighted by molar-refractivity contribution is -0.127. The number of aryl methyl sites for hydroxylation is 2. The molecular formula is C21H22N2O3S. The van der Waals surface area contributed by atoms with E-state index in [1.165, 1.54) is 22.9 Å². The summed E-state index contributed by atoms with van der Waals surface area (Å²) in [6, 6.07) is 13.9. The van der Waals surface area contributed by atoms with E-state index in [2.05, 4.69) is 17.8 Å². The van der Waals surface area contributed by atoms with Crippen LogP contribution in [0.25, 0.3) is 11.0 Å². The number of furan rings is 1. The molecule has 6 heteroatoms. The second-order valence-corrected chi connectivity index (χ2v) is 7.37. The van der Waals surface area contributed by atoms with Crippen molar-refractivity contribution in [2.24, 2.45) is 0 Å². The van der Waals surface area contributed by atoms with Crippen molar-refractivity contribution in [2.45, 2.75) is 31.6 Å². The zero-order chi connectivity index (χ0) is 19.2. The molecule has 0 radical (unpaired) electrons. The van der Waals surface area contributed by atoms with Crippen LogP contribution in [0, 0.1) is 6.92 Å². The van der Waals surface area contributed by atoms with Crippen LogP contribution < -0.4 is 10.9 Å². The Hall–Kier alpha value is -2.73. The number of hydrogen-bond donors (Lipinski definition) is 2. The predicted molar refractivity (Wildman–Crippen MR) is 107 cm³/mol. The first-order chi connectivity index (χ1) is 13.0. The van der Waals surface area contributed by atoms with E-state index in [1.54, 1.807) is 6.26 Å². The summed E-state index contributed by atoms with van der Waals surface area (Å²) < 4.78 is 5.54. The van der Waals surface area contributed by atoms with Crippen molar-refractivity contribution in [1.82, 2.24) is 10.9 Å². The summed E-state index contributed by atoms with van der Waals surface area (Å²) in [6.07, 6.45) is 2.67. The normalized spacial score (nSPS) is 10.7. The first-order valence-electron chi connectivity index (χ1n) is 8.81. The third kappa shape index (κ3) is 5.14. The number of thioether (sulfide) groups is 1. The van der Waals surface area contributed by atoms with Crippen molar-refractivity contribution in [1.29, 1.82) is 0 Å². The average molecular weight is 382 g/mol. The van der Waals surface area contributed by atoms with Gasteiger partial charge in [-0.2, -0.15) is 0 Å². The maximum atomic E-state index is 12.1. The molecule has 0 spiro atoms. The van der Waals surface area contributed by atoms with Crippen molar-refractivity contribution >= 4 is 34.5 Å². The van der Waals surface area contributed by atoms with Gasteiger partial charge in [0, 0.05) is 15.8 Å². The third-order valence-corrected chi connectivity index (χ3v) is 5.22. The number of hydrogen-bond acceptors (Lipinski definition) is 4. The molecule has 1 heterocycles. The van der Waals surface area contributed by atoms with Crippen molar-refractivity contribution in [3.8, 4) is 0 Å². The lowest BCUT2D eigenvalue weighted by Crippen LogP contribution is -2.43. The number of carbonyl (C=O) groups excluding carboxylic acids is 2. The SMILES string of the molecule is CCc1ccc2c(CC(=O)NNC(=O)CSc3ccc(C)cc3)coc2c1. The molecule has 5 nitrogen and oxygen atoms in total. The van der Waals surface area contributed by atoms with Gasteiger partial charge >= 0.3 is 0 Å². The Labute approximate surface area is 162 Å². The van der Waals surface area contributed by atoms with Gasteiger partial charge in [-0.25, -0.2) is 0 Å². The summed E-state index contributed by atoms with van der Waals surface area (Å²) in [5.74, 6) is -0.304. The molecule has 0 fully saturated rings. The van der Waals surface area contributed by atoms with Gasteiger partial charge < -0.3 is 4.42 Å². The van der Waals surface area contributed by atoms with Crippen LogP contribution in [0.5, 0.6) is 0 Å². The van der Waals surface area contributed by atoms with Crippen LogP contribution in [-0.4, -0.2) is 17.6 Å². The number of fused-ring (bicyclic) bond motifs is 1. The highest BCUT2D eigenvalue weighted by Gasteiger charge is 2.12. The number of hydrazine groups is 1. The molecule has 0 aliphatic heterocycles. The Kier molecular flexibility index (Phi) is 6.19. The first-order valence-corrected chi connectivity index (χ1v) is 9.80. The van der Waals surface area contributed by atoms with Gasteiger partial charge in [0.25, 0.3) is 0 Å². The standard InChI is InChI=1S/C21H22N2O3S/c1-3-15-6-9-18-16(12-26-19(18)10-15)11-20(24)22-23-21(25)13-27-17-7-4-14(2)5-8-17/h4-10,12H,3,11,13H2,1-2H3,(H,22,24)(H,23,25). The van der Waals surface area contributed by atoms with E-state index in [9.17, 15) is 9.59 Å². The number of nitrogens with one attached hydrogen (secondary N) is 2. The molecule has 0 saturated heterocycles. The van der Waals surface area contributed by atoms with Gasteiger partial charge in [0.1, 0.15) is 5.58 Å². The minimum atomic E-state index is -0.286. The average Bonchev–Trinajstić information content (AvgIpc) is 3.07. The van der Waals surface area contributed by atoms with Crippen molar-refractivity contribution < 1.29 is 14.0 Å². The number of carbonyl (C=O) groups is 2. The minimum absolute atomic E-state index is 0.143. The molecule has 0 saturated carbocycles. The monoisotopic (exact) mass is 382 g/mol. The van der Waals surface area contributed by atoms with Gasteiger partial charge in [-0.15, -0.1) is 11.8 Å². The van der Waals surface area contributed by atoms with E-state index in [0.29, 0.717) is 0 Å². The van der Waals surface area contributed by atoms with Crippen LogP contribution in [-0.2, 0) is 22.4 Å². The molecule has 0 unspecified atom stereocenters. The molecule has 2 N–H and O–H groups in total. The summed E-state index contributed by atoms with van der Waals surface area (Å²) in [5, 5.41) is 0.920. The van der Waals surface area contributed by atoms with Crippen LogP contribution >= 0.6 is 11.8 Å². The zero-order valence-electron chi connectivity index (χ0n) is 15.4. The maximum Gasteiger partial charge on any atom is 0.248 e. The molecule has 0 bridgehead atoms. The summed E-state index contributed by atoms with van der Waals surface area (Å²) in [7, 11) is 0. The highest BCUT2D eigenvalue weighted by atomic mass is 32.2. The smallest absolute Gasteiger partial charge is 0.248 e. The Morgan fingerprint density at radius 2 is 1.78 bits per heavy atom. The molecule has 1 aromatic heterocycles. The quantitative estimate of drug-likeness (QED) is 0.503. The van der Waals surface area contributed by atoms with E-state index in [0.717, 1.165) is 27.8 Å². The van der Waals surface area contributed by atoms with Gasteiger partial charge in [0.15, 0.2) is 0 Å². The Balaban J connectivity index is 1.48. The van der Waals surface area contributed by atoms with Crippen molar-refractivity contribution in [3.63, 3.8) is 0 Å². The van der Waals surface area contributed by atoms with E-state index in [-0.39, 0.29) is 24.0 Å². The van der Waals surface area contributed by atoms with E-state index < -0.39 is 0 Å². The highest BCUT2D eigenvalue weighted by Crippen LogP contribution is 2.23. The highest BCUT2D eigenvalue weighted by molar-refractivity contribution is 8.00. The molecule has 3 rings (SSSR count). The summed E-state index contributed by atoms with van der Waals surface area (Å²) in [5.41, 5.74) is 8.85. The summed E-state index contributed by atoms with van der Waals surface area (Å²) in [6.45, 7) is 4.10. The number of rotatable bonds is 6. The van der Waals surface area contributed by atoms with Crippen LogP contribution in [0.15, 0.2) is 58.0 Å². The lowest BCUT2D eigenvalue weighted by atomic mass is 10.1. The lowest BCUT2D eigenvalue weighted by Gasteiger charge is -2.07. The molecule has 0 atom stereocenters. The van der Waals surface area contributed by atoms with Gasteiger partial charge in [-0.1, -0.05) is 36.8 Å². The van der Waals surface area contributed by atoms with Crippen molar-refractivity contribution in [2.75, 3.05) is 5.75 Å². The topological polar surface area (TPSA) is 71.3 Å². The van der Waals surface area contributed by atoms with Crippen molar-refractivity contribution in [3.05, 3.63) is 65.4 Å². The fourth-order valence-electron chi connectivity index (χ4n) is 2.66. The van der Waals surface area contributed by atoms with Gasteiger partial charge in [0.2, 0.25) is 11.8 Å². The van der Waals surface area contributed by atoms with Crippen LogP contribution in [0.2, 0.25) is 0 Å². The molecular weight excluding hydrogens is 360 g/mol. The molecule has 2 aromatic carbocycles. The number of amides is 2. The Bertz CT molecular complexity index is 948. The van der Waals surface area contributed by atoms with Crippen LogP contribution in [0.3, 0.4) is 0 Å². The maximum absolute atomic E-state index is 12.1. The van der Waals surface area contributed by atoms with E-state index in [1.807, 2.05) is 49.4 Å². The fourth-order valence-corrected chi connectivity index (χ4v) is 3.36. The Morgan fingerprint density at radius 1 is 1.04 bits per heavy atom. The predicted octanol–water partition coefficient (Wildman–Crippen LogP) is 3.79. The van der Waals surface area contributed by atoms with E-state index >= 15 is 0 Å². The molecule has 2 amide bonds. The van der Waals surface area contributed by atoms with Gasteiger partial charge in [-0.05, 0) is 37.1 Å². The molecule has 0 aliphatic carbocycles. The summed E-state index contributed by atoms with van der Waals surface area (Å²) >= 11 is 1.42. The largest absolute Gasteiger partial charge is 0.464 e. The minimum Gasteiger partial charge on any atom is -0.464 e. The second-order valence-electron chi connectivity index (χ2n) is 6.32. The molecule has 140 valence electrons. The molecule has 27 heavy (non-hydrogen) atoms. The fraction of sp³-hybridized carbons (Fsp3) is 0.238. The Morgan fingerprint density at radius 3 is 2.52 bits per heavy atom.